The maximum Gasteiger partial charge on any atom is 0.160 e. The topological polar surface area (TPSA) is 52.9 Å². The summed E-state index contributed by atoms with van der Waals surface area (Å²) in [5.41, 5.74) is 2.40. The molecule has 2 N–H and O–H groups in total. The first-order valence-electron chi connectivity index (χ1n) is 8.31. The Kier molecular flexibility index (Phi) is 4.33. The zero-order valence-electron chi connectivity index (χ0n) is 13.7. The highest BCUT2D eigenvalue weighted by Crippen LogP contribution is 2.43. The third-order valence-corrected chi connectivity index (χ3v) is 5.16. The number of piperidine rings is 1. The van der Waals surface area contributed by atoms with Crippen LogP contribution in [0.3, 0.4) is 0 Å². The van der Waals surface area contributed by atoms with Gasteiger partial charge in [0.25, 0.3) is 0 Å². The second-order valence-corrected chi connectivity index (χ2v) is 7.18. The van der Waals surface area contributed by atoms with E-state index < -0.39 is 0 Å². The minimum Gasteiger partial charge on any atom is -0.504 e. The van der Waals surface area contributed by atoms with E-state index in [9.17, 15) is 10.2 Å². The van der Waals surface area contributed by atoms with Crippen molar-refractivity contribution in [2.45, 2.75) is 45.3 Å². The van der Waals surface area contributed by atoms with Crippen molar-refractivity contribution in [3.05, 3.63) is 23.3 Å². The van der Waals surface area contributed by atoms with E-state index in [0.29, 0.717) is 17.6 Å². The summed E-state index contributed by atoms with van der Waals surface area (Å²) >= 11 is 0. The third kappa shape index (κ3) is 2.82. The molecule has 3 rings (SSSR count). The Hall–Kier alpha value is -1.26. The van der Waals surface area contributed by atoms with Gasteiger partial charge in [0, 0.05) is 19.1 Å². The Morgan fingerprint density at radius 3 is 2.82 bits per heavy atom. The van der Waals surface area contributed by atoms with Crippen molar-refractivity contribution >= 4 is 0 Å². The molecule has 2 heterocycles. The molecule has 4 heteroatoms. The minimum absolute atomic E-state index is 0.196. The summed E-state index contributed by atoms with van der Waals surface area (Å²) in [5.74, 6) is 1.72. The van der Waals surface area contributed by atoms with E-state index in [4.69, 9.17) is 4.74 Å². The summed E-state index contributed by atoms with van der Waals surface area (Å²) in [6, 6.07) is 4.01. The molecule has 1 aromatic rings. The van der Waals surface area contributed by atoms with Crippen LogP contribution in [-0.4, -0.2) is 41.4 Å². The Labute approximate surface area is 132 Å². The number of ether oxygens (including phenoxy) is 1. The number of aromatic hydroxyl groups is 1. The van der Waals surface area contributed by atoms with E-state index in [1.54, 1.807) is 7.11 Å². The lowest BCUT2D eigenvalue weighted by Gasteiger charge is -2.46. The largest absolute Gasteiger partial charge is 0.504 e. The number of fused-ring (bicyclic) bond motifs is 3. The number of hydrogen-bond acceptors (Lipinski definition) is 4. The number of rotatable bonds is 3. The molecule has 122 valence electrons. The van der Waals surface area contributed by atoms with E-state index >= 15 is 0 Å². The molecular weight excluding hydrogens is 278 g/mol. The molecule has 2 aliphatic rings. The summed E-state index contributed by atoms with van der Waals surface area (Å²) in [7, 11) is 1.58. The first kappa shape index (κ1) is 15.6. The lowest BCUT2D eigenvalue weighted by Crippen LogP contribution is -2.48. The van der Waals surface area contributed by atoms with Gasteiger partial charge in [0.15, 0.2) is 11.5 Å². The van der Waals surface area contributed by atoms with Gasteiger partial charge in [-0.15, -0.1) is 0 Å². The van der Waals surface area contributed by atoms with E-state index in [1.807, 2.05) is 12.1 Å². The van der Waals surface area contributed by atoms with Crippen LogP contribution in [0, 0.1) is 11.8 Å². The van der Waals surface area contributed by atoms with Gasteiger partial charge in [-0.2, -0.15) is 0 Å². The highest BCUT2D eigenvalue weighted by atomic mass is 16.5. The molecule has 4 nitrogen and oxygen atoms in total. The molecule has 0 aliphatic carbocycles. The van der Waals surface area contributed by atoms with Crippen molar-refractivity contribution in [1.82, 2.24) is 4.90 Å². The van der Waals surface area contributed by atoms with Crippen LogP contribution >= 0.6 is 0 Å². The first-order valence-corrected chi connectivity index (χ1v) is 8.31. The summed E-state index contributed by atoms with van der Waals surface area (Å²) < 4.78 is 5.22. The predicted octanol–water partition coefficient (Wildman–Crippen LogP) is 2.73. The summed E-state index contributed by atoms with van der Waals surface area (Å²) in [6.45, 7) is 6.41. The highest BCUT2D eigenvalue weighted by molar-refractivity contribution is 5.48. The Bertz CT molecular complexity index is 543. The number of phenolic OH excluding ortho intramolecular Hbond substituents is 1. The van der Waals surface area contributed by atoms with Crippen LogP contribution < -0.4 is 4.74 Å². The van der Waals surface area contributed by atoms with Gasteiger partial charge in [-0.3, -0.25) is 4.90 Å². The van der Waals surface area contributed by atoms with Crippen molar-refractivity contribution in [2.24, 2.45) is 11.8 Å². The molecule has 1 aromatic carbocycles. The first-order chi connectivity index (χ1) is 10.5. The molecule has 22 heavy (non-hydrogen) atoms. The molecule has 1 fully saturated rings. The zero-order chi connectivity index (χ0) is 15.9. The molecule has 3 atom stereocenters. The van der Waals surface area contributed by atoms with Gasteiger partial charge >= 0.3 is 0 Å². The maximum atomic E-state index is 10.5. The van der Waals surface area contributed by atoms with Crippen LogP contribution in [0.15, 0.2) is 12.1 Å². The normalized spacial score (nSPS) is 28.3. The quantitative estimate of drug-likeness (QED) is 0.901. The van der Waals surface area contributed by atoms with Crippen LogP contribution in [0.2, 0.25) is 0 Å². The molecule has 0 unspecified atom stereocenters. The summed E-state index contributed by atoms with van der Waals surface area (Å²) in [6.07, 6.45) is 2.56. The van der Waals surface area contributed by atoms with Crippen LogP contribution in [0.1, 0.15) is 43.9 Å². The van der Waals surface area contributed by atoms with Crippen LogP contribution in [-0.2, 0) is 6.42 Å². The number of hydrogen-bond donors (Lipinski definition) is 2. The third-order valence-electron chi connectivity index (χ3n) is 5.16. The number of aliphatic hydroxyl groups is 1. The molecule has 0 saturated carbocycles. The summed E-state index contributed by atoms with van der Waals surface area (Å²) in [4.78, 5) is 2.48. The molecular formula is C18H27NO3. The molecule has 1 saturated heterocycles. The SMILES string of the molecule is COc1cc2c(cc1O)[C@H]1C[C@@H](O)[C@@H](CC(C)C)CN1CC2. The van der Waals surface area contributed by atoms with Gasteiger partial charge in [-0.25, -0.2) is 0 Å². The van der Waals surface area contributed by atoms with Gasteiger partial charge in [-0.1, -0.05) is 13.8 Å². The standard InChI is InChI=1S/C18H27NO3/c1-11(2)6-13-10-19-5-4-12-7-18(22-3)17(21)8-14(12)15(19)9-16(13)20/h7-8,11,13,15-16,20-21H,4-6,9-10H2,1-3H3/t13-,15+,16+/m0/s1. The van der Waals surface area contributed by atoms with Crippen molar-refractivity contribution < 1.29 is 14.9 Å². The van der Waals surface area contributed by atoms with E-state index in [1.165, 1.54) is 5.56 Å². The zero-order valence-corrected chi connectivity index (χ0v) is 13.7. The molecule has 0 aromatic heterocycles. The number of phenols is 1. The average Bonchev–Trinajstić information content (AvgIpc) is 2.47. The Morgan fingerprint density at radius 1 is 1.36 bits per heavy atom. The Balaban J connectivity index is 1.85. The van der Waals surface area contributed by atoms with Gasteiger partial charge in [0.1, 0.15) is 0 Å². The van der Waals surface area contributed by atoms with Gasteiger partial charge in [0.2, 0.25) is 0 Å². The number of aliphatic hydroxyl groups excluding tert-OH is 1. The second kappa shape index (κ2) is 6.09. The van der Waals surface area contributed by atoms with Gasteiger partial charge in [0.05, 0.1) is 13.2 Å². The van der Waals surface area contributed by atoms with E-state index in [2.05, 4.69) is 18.7 Å². The van der Waals surface area contributed by atoms with Gasteiger partial charge < -0.3 is 14.9 Å². The molecule has 2 aliphatic heterocycles. The monoisotopic (exact) mass is 305 g/mol. The highest BCUT2D eigenvalue weighted by Gasteiger charge is 2.38. The van der Waals surface area contributed by atoms with Crippen LogP contribution in [0.4, 0.5) is 0 Å². The minimum atomic E-state index is -0.251. The van der Waals surface area contributed by atoms with Gasteiger partial charge in [-0.05, 0) is 54.4 Å². The molecule has 0 bridgehead atoms. The maximum absolute atomic E-state index is 10.5. The lowest BCUT2D eigenvalue weighted by atomic mass is 9.79. The van der Waals surface area contributed by atoms with Crippen molar-refractivity contribution in [1.29, 1.82) is 0 Å². The van der Waals surface area contributed by atoms with Crippen molar-refractivity contribution in [3.63, 3.8) is 0 Å². The molecule has 0 spiro atoms. The number of benzene rings is 1. The lowest BCUT2D eigenvalue weighted by molar-refractivity contribution is -0.0191. The number of methoxy groups -OCH3 is 1. The number of nitrogens with zero attached hydrogens (tertiary/aromatic N) is 1. The predicted molar refractivity (Wildman–Crippen MR) is 86.2 cm³/mol. The summed E-state index contributed by atoms with van der Waals surface area (Å²) in [5, 5.41) is 20.6. The molecule has 0 radical (unpaired) electrons. The van der Waals surface area contributed by atoms with Crippen molar-refractivity contribution in [2.75, 3.05) is 20.2 Å². The Morgan fingerprint density at radius 2 is 2.14 bits per heavy atom. The fourth-order valence-electron chi connectivity index (χ4n) is 4.11. The van der Waals surface area contributed by atoms with Crippen molar-refractivity contribution in [3.8, 4) is 11.5 Å². The molecule has 0 amide bonds. The van der Waals surface area contributed by atoms with Crippen LogP contribution in [0.25, 0.3) is 0 Å². The fourth-order valence-corrected chi connectivity index (χ4v) is 4.11. The fraction of sp³-hybridized carbons (Fsp3) is 0.667. The van der Waals surface area contributed by atoms with E-state index in [-0.39, 0.29) is 17.9 Å². The smallest absolute Gasteiger partial charge is 0.160 e. The second-order valence-electron chi connectivity index (χ2n) is 7.18. The average molecular weight is 305 g/mol. The van der Waals surface area contributed by atoms with Crippen LogP contribution in [0.5, 0.6) is 11.5 Å². The van der Waals surface area contributed by atoms with E-state index in [0.717, 1.165) is 37.9 Å².